The minimum atomic E-state index is -0.300. The fourth-order valence-electron chi connectivity index (χ4n) is 2.75. The van der Waals surface area contributed by atoms with E-state index in [2.05, 4.69) is 15.3 Å². The summed E-state index contributed by atoms with van der Waals surface area (Å²) in [4.78, 5) is 34.0. The quantitative estimate of drug-likeness (QED) is 0.768. The minimum Gasteiger partial charge on any atom is -0.461 e. The van der Waals surface area contributed by atoms with Crippen LogP contribution in [0.1, 0.15) is 35.2 Å². The molecule has 1 N–H and O–H groups in total. The van der Waals surface area contributed by atoms with Crippen LogP contribution in [0.2, 0.25) is 0 Å². The van der Waals surface area contributed by atoms with Crippen LogP contribution >= 0.6 is 0 Å². The Bertz CT molecular complexity index is 728. The van der Waals surface area contributed by atoms with Crippen molar-refractivity contribution >= 4 is 17.8 Å². The van der Waals surface area contributed by atoms with Crippen molar-refractivity contribution in [2.24, 2.45) is 0 Å². The molecule has 1 amide bonds. The van der Waals surface area contributed by atoms with E-state index in [4.69, 9.17) is 4.74 Å². The maximum absolute atomic E-state index is 12.3. The number of hydrogen-bond donors (Lipinski definition) is 1. The number of hydrogen-bond acceptors (Lipinski definition) is 6. The molecule has 3 rings (SSSR count). The summed E-state index contributed by atoms with van der Waals surface area (Å²) >= 11 is 0. The highest BCUT2D eigenvalue weighted by molar-refractivity contribution is 5.94. The van der Waals surface area contributed by atoms with Crippen LogP contribution in [0.5, 0.6) is 0 Å². The molecule has 0 saturated carbocycles. The van der Waals surface area contributed by atoms with Crippen molar-refractivity contribution in [2.75, 3.05) is 25.0 Å². The topological polar surface area (TPSA) is 84.4 Å². The Labute approximate surface area is 152 Å². The molecule has 0 spiro atoms. The Balaban J connectivity index is 1.40. The zero-order valence-corrected chi connectivity index (χ0v) is 14.6. The zero-order chi connectivity index (χ0) is 18.2. The molecule has 2 heterocycles. The largest absolute Gasteiger partial charge is 0.461 e. The van der Waals surface area contributed by atoms with E-state index in [-0.39, 0.29) is 24.9 Å². The third kappa shape index (κ3) is 5.02. The van der Waals surface area contributed by atoms with E-state index in [0.29, 0.717) is 18.1 Å². The van der Waals surface area contributed by atoms with Crippen LogP contribution in [-0.4, -0.2) is 46.4 Å². The van der Waals surface area contributed by atoms with Gasteiger partial charge in [0, 0.05) is 37.6 Å². The maximum atomic E-state index is 12.3. The van der Waals surface area contributed by atoms with Crippen LogP contribution in [0, 0.1) is 0 Å². The smallest absolute Gasteiger partial charge is 0.307 e. The van der Waals surface area contributed by atoms with E-state index in [1.165, 1.54) is 0 Å². The molecule has 1 aliphatic rings. The number of rotatable bonds is 7. The number of benzene rings is 1. The van der Waals surface area contributed by atoms with Gasteiger partial charge in [0.25, 0.3) is 5.91 Å². The molecule has 0 unspecified atom stereocenters. The lowest BCUT2D eigenvalue weighted by Crippen LogP contribution is -2.27. The molecule has 7 heteroatoms. The van der Waals surface area contributed by atoms with Gasteiger partial charge in [0.05, 0.1) is 6.42 Å². The first-order valence-electron chi connectivity index (χ1n) is 8.77. The molecule has 1 saturated heterocycles. The second kappa shape index (κ2) is 8.94. The average Bonchev–Trinajstić information content (AvgIpc) is 3.22. The molecule has 1 fully saturated rings. The predicted molar refractivity (Wildman–Crippen MR) is 96.5 cm³/mol. The number of nitrogens with one attached hydrogen (secondary N) is 1. The zero-order valence-electron chi connectivity index (χ0n) is 14.6. The van der Waals surface area contributed by atoms with Gasteiger partial charge in [-0.1, -0.05) is 12.1 Å². The summed E-state index contributed by atoms with van der Waals surface area (Å²) in [7, 11) is 0. The van der Waals surface area contributed by atoms with Crippen molar-refractivity contribution in [1.82, 2.24) is 14.9 Å². The normalized spacial score (nSPS) is 13.5. The first-order chi connectivity index (χ1) is 12.7. The molecule has 1 aromatic heterocycles. The average molecular weight is 354 g/mol. The highest BCUT2D eigenvalue weighted by Crippen LogP contribution is 2.14. The molecule has 0 atom stereocenters. The third-order valence-electron chi connectivity index (χ3n) is 4.17. The van der Waals surface area contributed by atoms with Gasteiger partial charge in [0.15, 0.2) is 0 Å². The van der Waals surface area contributed by atoms with Gasteiger partial charge in [-0.2, -0.15) is 0 Å². The summed E-state index contributed by atoms with van der Waals surface area (Å²) in [6, 6.07) is 8.96. The van der Waals surface area contributed by atoms with E-state index in [1.54, 1.807) is 30.6 Å². The van der Waals surface area contributed by atoms with Crippen molar-refractivity contribution < 1.29 is 14.3 Å². The van der Waals surface area contributed by atoms with Crippen molar-refractivity contribution in [3.05, 3.63) is 53.9 Å². The Hall–Kier alpha value is -2.96. The van der Waals surface area contributed by atoms with Crippen LogP contribution < -0.4 is 5.32 Å². The summed E-state index contributed by atoms with van der Waals surface area (Å²) < 4.78 is 5.25. The Morgan fingerprint density at radius 3 is 2.46 bits per heavy atom. The fraction of sp³-hybridized carbons (Fsp3) is 0.368. The number of carbonyl (C=O) groups excluding carboxylic acids is 2. The minimum absolute atomic E-state index is 0.0697. The molecule has 7 nitrogen and oxygen atoms in total. The summed E-state index contributed by atoms with van der Waals surface area (Å²) in [5.74, 6) is 0.254. The summed E-state index contributed by atoms with van der Waals surface area (Å²) in [5.41, 5.74) is 1.53. The van der Waals surface area contributed by atoms with Gasteiger partial charge in [0.1, 0.15) is 6.61 Å². The van der Waals surface area contributed by atoms with E-state index in [9.17, 15) is 9.59 Å². The second-order valence-electron chi connectivity index (χ2n) is 6.11. The lowest BCUT2D eigenvalue weighted by molar-refractivity contribution is -0.144. The standard InChI is InChI=1S/C19H22N4O3/c24-17(8-11-22-19-20-9-3-10-21-19)26-14-15-4-6-16(7-5-15)18(25)23-12-1-2-13-23/h3-7,9-10H,1-2,8,11-14H2,(H,20,21,22). The summed E-state index contributed by atoms with van der Waals surface area (Å²) in [6.07, 6.45) is 5.64. The fourth-order valence-corrected chi connectivity index (χ4v) is 2.75. The van der Waals surface area contributed by atoms with Gasteiger partial charge in [0.2, 0.25) is 5.95 Å². The number of aromatic nitrogens is 2. The first-order valence-corrected chi connectivity index (χ1v) is 8.77. The van der Waals surface area contributed by atoms with Gasteiger partial charge in [-0.15, -0.1) is 0 Å². The number of nitrogens with zero attached hydrogens (tertiary/aromatic N) is 3. The Morgan fingerprint density at radius 1 is 1.08 bits per heavy atom. The number of likely N-dealkylation sites (tertiary alicyclic amines) is 1. The molecule has 136 valence electrons. The lowest BCUT2D eigenvalue weighted by atomic mass is 10.1. The number of esters is 1. The molecule has 1 aromatic carbocycles. The molecule has 0 radical (unpaired) electrons. The van der Waals surface area contributed by atoms with Crippen LogP contribution in [0.4, 0.5) is 5.95 Å². The number of amides is 1. The van der Waals surface area contributed by atoms with E-state index >= 15 is 0 Å². The monoisotopic (exact) mass is 354 g/mol. The maximum Gasteiger partial charge on any atom is 0.307 e. The molecule has 1 aliphatic heterocycles. The summed E-state index contributed by atoms with van der Waals surface area (Å²) in [6.45, 7) is 2.27. The SMILES string of the molecule is O=C(CCNc1ncccn1)OCc1ccc(C(=O)N2CCCC2)cc1. The van der Waals surface area contributed by atoms with Crippen molar-refractivity contribution in [2.45, 2.75) is 25.9 Å². The van der Waals surface area contributed by atoms with Crippen LogP contribution in [0.25, 0.3) is 0 Å². The van der Waals surface area contributed by atoms with Crippen LogP contribution in [-0.2, 0) is 16.1 Å². The van der Waals surface area contributed by atoms with E-state index in [1.807, 2.05) is 17.0 Å². The van der Waals surface area contributed by atoms with Crippen molar-refractivity contribution in [1.29, 1.82) is 0 Å². The van der Waals surface area contributed by atoms with Crippen molar-refractivity contribution in [3.8, 4) is 0 Å². The molecule has 2 aromatic rings. The number of anilines is 1. The van der Waals surface area contributed by atoms with E-state index in [0.717, 1.165) is 31.5 Å². The molecule has 0 bridgehead atoms. The van der Waals surface area contributed by atoms with Gasteiger partial charge in [-0.3, -0.25) is 9.59 Å². The molecular formula is C19H22N4O3. The third-order valence-corrected chi connectivity index (χ3v) is 4.17. The molecular weight excluding hydrogens is 332 g/mol. The van der Waals surface area contributed by atoms with Crippen LogP contribution in [0.3, 0.4) is 0 Å². The van der Waals surface area contributed by atoms with Gasteiger partial charge < -0.3 is 15.0 Å². The van der Waals surface area contributed by atoms with Gasteiger partial charge in [-0.25, -0.2) is 9.97 Å². The lowest BCUT2D eigenvalue weighted by Gasteiger charge is -2.15. The molecule has 26 heavy (non-hydrogen) atoms. The number of ether oxygens (including phenoxy) is 1. The summed E-state index contributed by atoms with van der Waals surface area (Å²) in [5, 5.41) is 2.96. The van der Waals surface area contributed by atoms with Crippen LogP contribution in [0.15, 0.2) is 42.7 Å². The predicted octanol–water partition coefficient (Wildman–Crippen LogP) is 2.26. The Kier molecular flexibility index (Phi) is 6.14. The van der Waals surface area contributed by atoms with E-state index < -0.39 is 0 Å². The highest BCUT2D eigenvalue weighted by Gasteiger charge is 2.19. The second-order valence-corrected chi connectivity index (χ2v) is 6.11. The Morgan fingerprint density at radius 2 is 1.77 bits per heavy atom. The highest BCUT2D eigenvalue weighted by atomic mass is 16.5. The van der Waals surface area contributed by atoms with Gasteiger partial charge in [-0.05, 0) is 36.6 Å². The molecule has 0 aliphatic carbocycles. The number of carbonyl (C=O) groups is 2. The first kappa shape index (κ1) is 17.8. The van der Waals surface area contributed by atoms with Crippen molar-refractivity contribution in [3.63, 3.8) is 0 Å². The van der Waals surface area contributed by atoms with Gasteiger partial charge >= 0.3 is 5.97 Å².